The molecule has 3 heterocycles. The summed E-state index contributed by atoms with van der Waals surface area (Å²) in [6.45, 7) is 5.48. The van der Waals surface area contributed by atoms with E-state index in [1.807, 2.05) is 4.90 Å². The van der Waals surface area contributed by atoms with Gasteiger partial charge in [0, 0.05) is 25.2 Å². The molecule has 1 amide bonds. The van der Waals surface area contributed by atoms with Crippen LogP contribution in [0.3, 0.4) is 0 Å². The van der Waals surface area contributed by atoms with Crippen molar-refractivity contribution in [3.05, 3.63) is 33.9 Å². The molecule has 1 N–H and O–H groups in total. The zero-order chi connectivity index (χ0) is 15.5. The van der Waals surface area contributed by atoms with Gasteiger partial charge in [0.1, 0.15) is 5.76 Å². The quantitative estimate of drug-likeness (QED) is 0.905. The molecule has 0 saturated carbocycles. The fourth-order valence-electron chi connectivity index (χ4n) is 3.75. The fraction of sp³-hybridized carbons (Fsp3) is 0.647. The summed E-state index contributed by atoms with van der Waals surface area (Å²) >= 11 is 0. The molecule has 0 aliphatic carbocycles. The van der Waals surface area contributed by atoms with Gasteiger partial charge in [-0.05, 0) is 57.5 Å². The van der Waals surface area contributed by atoms with E-state index >= 15 is 0 Å². The highest BCUT2D eigenvalue weighted by Gasteiger charge is 2.30. The molecule has 120 valence electrons. The van der Waals surface area contributed by atoms with Crippen LogP contribution in [-0.4, -0.2) is 37.0 Å². The summed E-state index contributed by atoms with van der Waals surface area (Å²) < 4.78 is 5.42. The van der Waals surface area contributed by atoms with Gasteiger partial charge < -0.3 is 14.6 Å². The molecule has 0 radical (unpaired) electrons. The Bertz CT molecular complexity index is 582. The molecular formula is C17H24N2O3. The zero-order valence-electron chi connectivity index (χ0n) is 13.1. The molecule has 5 nitrogen and oxygen atoms in total. The van der Waals surface area contributed by atoms with Crippen LogP contribution in [0.2, 0.25) is 0 Å². The van der Waals surface area contributed by atoms with Crippen LogP contribution in [0.25, 0.3) is 0 Å². The molecule has 22 heavy (non-hydrogen) atoms. The molecule has 2 aliphatic heterocycles. The van der Waals surface area contributed by atoms with Crippen molar-refractivity contribution in [1.29, 1.82) is 0 Å². The second-order valence-electron chi connectivity index (χ2n) is 6.49. The van der Waals surface area contributed by atoms with Crippen LogP contribution in [-0.2, 0) is 0 Å². The largest absolute Gasteiger partial charge is 0.456 e. The Hall–Kier alpha value is -1.62. The summed E-state index contributed by atoms with van der Waals surface area (Å²) in [6.07, 6.45) is 4.63. The number of amides is 1. The number of piperidine rings is 2. The first-order chi connectivity index (χ1) is 10.6. The summed E-state index contributed by atoms with van der Waals surface area (Å²) in [5.41, 5.74) is -0.170. The minimum atomic E-state index is -0.170. The van der Waals surface area contributed by atoms with Gasteiger partial charge in [-0.1, -0.05) is 0 Å². The van der Waals surface area contributed by atoms with Crippen LogP contribution in [0.1, 0.15) is 42.0 Å². The van der Waals surface area contributed by atoms with Gasteiger partial charge in [-0.3, -0.25) is 9.59 Å². The number of nitrogens with one attached hydrogen (secondary N) is 1. The number of likely N-dealkylation sites (tertiary alicyclic amines) is 1. The molecule has 2 fully saturated rings. The lowest BCUT2D eigenvalue weighted by molar-refractivity contribution is 0.0607. The van der Waals surface area contributed by atoms with Gasteiger partial charge in [0.2, 0.25) is 0 Å². The number of rotatable bonds is 2. The molecule has 3 rings (SSSR count). The van der Waals surface area contributed by atoms with Crippen molar-refractivity contribution in [2.75, 3.05) is 26.2 Å². The zero-order valence-corrected chi connectivity index (χ0v) is 13.1. The number of aryl methyl sites for hydroxylation is 1. The maximum Gasteiger partial charge on any atom is 0.289 e. The molecule has 1 aromatic rings. The molecule has 0 bridgehead atoms. The maximum absolute atomic E-state index is 12.5. The fourth-order valence-corrected chi connectivity index (χ4v) is 3.75. The van der Waals surface area contributed by atoms with E-state index < -0.39 is 0 Å². The minimum Gasteiger partial charge on any atom is -0.456 e. The normalized spacial score (nSPS) is 21.0. The number of carbonyl (C=O) groups excluding carboxylic acids is 1. The van der Waals surface area contributed by atoms with Crippen molar-refractivity contribution in [2.24, 2.45) is 11.8 Å². The van der Waals surface area contributed by atoms with E-state index in [4.69, 9.17) is 4.42 Å². The second kappa shape index (κ2) is 6.65. The predicted octanol–water partition coefficient (Wildman–Crippen LogP) is 1.80. The first kappa shape index (κ1) is 15.3. The Kier molecular flexibility index (Phi) is 4.62. The maximum atomic E-state index is 12.5. The number of nitrogens with zero attached hydrogens (tertiary/aromatic N) is 1. The summed E-state index contributed by atoms with van der Waals surface area (Å²) in [4.78, 5) is 25.8. The third-order valence-electron chi connectivity index (χ3n) is 4.98. The van der Waals surface area contributed by atoms with Crippen molar-refractivity contribution < 1.29 is 9.21 Å². The van der Waals surface area contributed by atoms with Crippen molar-refractivity contribution in [2.45, 2.75) is 32.6 Å². The van der Waals surface area contributed by atoms with E-state index in [1.54, 1.807) is 6.92 Å². The Morgan fingerprint density at radius 2 is 1.77 bits per heavy atom. The molecule has 0 unspecified atom stereocenters. The van der Waals surface area contributed by atoms with Crippen LogP contribution < -0.4 is 10.7 Å². The van der Waals surface area contributed by atoms with E-state index in [0.717, 1.165) is 50.9 Å². The van der Waals surface area contributed by atoms with E-state index in [9.17, 15) is 9.59 Å². The van der Waals surface area contributed by atoms with Crippen LogP contribution in [0, 0.1) is 18.8 Å². The van der Waals surface area contributed by atoms with E-state index in [1.165, 1.54) is 25.0 Å². The number of hydrogen-bond donors (Lipinski definition) is 1. The highest BCUT2D eigenvalue weighted by Crippen LogP contribution is 2.31. The molecular weight excluding hydrogens is 280 g/mol. The van der Waals surface area contributed by atoms with Crippen molar-refractivity contribution in [3.8, 4) is 0 Å². The van der Waals surface area contributed by atoms with Gasteiger partial charge >= 0.3 is 0 Å². The molecule has 5 heteroatoms. The molecule has 0 atom stereocenters. The minimum absolute atomic E-state index is 0.149. The molecule has 0 aromatic carbocycles. The standard InChI is InChI=1S/C17H24N2O3/c1-12-10-15(20)11-16(22-12)17(21)19-8-4-14(5-9-19)13-2-6-18-7-3-13/h10-11,13-14,18H,2-9H2,1H3. The Labute approximate surface area is 130 Å². The third-order valence-corrected chi connectivity index (χ3v) is 4.98. The average Bonchev–Trinajstić information content (AvgIpc) is 2.54. The Morgan fingerprint density at radius 1 is 1.14 bits per heavy atom. The molecule has 1 aromatic heterocycles. The lowest BCUT2D eigenvalue weighted by Crippen LogP contribution is -2.42. The smallest absolute Gasteiger partial charge is 0.289 e. The Balaban J connectivity index is 1.60. The van der Waals surface area contributed by atoms with Gasteiger partial charge in [-0.15, -0.1) is 0 Å². The monoisotopic (exact) mass is 304 g/mol. The highest BCUT2D eigenvalue weighted by atomic mass is 16.3. The van der Waals surface area contributed by atoms with Gasteiger partial charge in [0.25, 0.3) is 5.91 Å². The van der Waals surface area contributed by atoms with Crippen molar-refractivity contribution in [1.82, 2.24) is 10.2 Å². The average molecular weight is 304 g/mol. The first-order valence-electron chi connectivity index (χ1n) is 8.25. The second-order valence-corrected chi connectivity index (χ2v) is 6.49. The SMILES string of the molecule is Cc1cc(=O)cc(C(=O)N2CCC(C3CCNCC3)CC2)o1. The van der Waals surface area contributed by atoms with E-state index in [0.29, 0.717) is 5.76 Å². The summed E-state index contributed by atoms with van der Waals surface area (Å²) in [5, 5.41) is 3.41. The first-order valence-corrected chi connectivity index (χ1v) is 8.25. The van der Waals surface area contributed by atoms with Crippen LogP contribution in [0.15, 0.2) is 21.3 Å². The van der Waals surface area contributed by atoms with E-state index in [2.05, 4.69) is 5.32 Å². The predicted molar refractivity (Wildman–Crippen MR) is 83.9 cm³/mol. The van der Waals surface area contributed by atoms with Crippen molar-refractivity contribution in [3.63, 3.8) is 0 Å². The summed E-state index contributed by atoms with van der Waals surface area (Å²) in [6, 6.07) is 2.70. The summed E-state index contributed by atoms with van der Waals surface area (Å²) in [5.74, 6) is 2.04. The lowest BCUT2D eigenvalue weighted by atomic mass is 9.79. The van der Waals surface area contributed by atoms with Crippen LogP contribution in [0.5, 0.6) is 0 Å². The third kappa shape index (κ3) is 3.40. The van der Waals surface area contributed by atoms with Gasteiger partial charge in [-0.2, -0.15) is 0 Å². The Morgan fingerprint density at radius 3 is 2.41 bits per heavy atom. The number of hydrogen-bond acceptors (Lipinski definition) is 4. The van der Waals surface area contributed by atoms with Gasteiger partial charge in [-0.25, -0.2) is 0 Å². The molecule has 2 saturated heterocycles. The highest BCUT2D eigenvalue weighted by molar-refractivity contribution is 5.91. The molecule has 0 spiro atoms. The topological polar surface area (TPSA) is 62.6 Å². The number of carbonyl (C=O) groups is 1. The van der Waals surface area contributed by atoms with Gasteiger partial charge in [0.15, 0.2) is 11.2 Å². The molecule has 2 aliphatic rings. The van der Waals surface area contributed by atoms with Crippen LogP contribution >= 0.6 is 0 Å². The summed E-state index contributed by atoms with van der Waals surface area (Å²) in [7, 11) is 0. The van der Waals surface area contributed by atoms with Crippen molar-refractivity contribution >= 4 is 5.91 Å². The van der Waals surface area contributed by atoms with Crippen LogP contribution in [0.4, 0.5) is 0 Å². The lowest BCUT2D eigenvalue weighted by Gasteiger charge is -2.37. The van der Waals surface area contributed by atoms with E-state index in [-0.39, 0.29) is 17.1 Å². The van der Waals surface area contributed by atoms with Gasteiger partial charge in [0.05, 0.1) is 0 Å².